The maximum Gasteiger partial charge on any atom is 0.452 e. The van der Waals surface area contributed by atoms with E-state index in [0.29, 0.717) is 18.0 Å². The summed E-state index contributed by atoms with van der Waals surface area (Å²) in [6.45, 7) is 2.31. The van der Waals surface area contributed by atoms with Crippen molar-refractivity contribution < 1.29 is 17.9 Å². The lowest BCUT2D eigenvalue weighted by atomic mass is 10.3. The Hall–Kier alpha value is -1.83. The molecule has 2 rings (SSSR count). The molecular weight excluding hydrogens is 291 g/mol. The van der Waals surface area contributed by atoms with Crippen LogP contribution in [0.15, 0.2) is 24.3 Å². The zero-order chi connectivity index (χ0) is 14.9. The number of hydrogen-bond donors (Lipinski definition) is 0. The first kappa shape index (κ1) is 14.6. The molecule has 1 heterocycles. The zero-order valence-electron chi connectivity index (χ0n) is 10.8. The number of alkyl halides is 3. The highest BCUT2D eigenvalue weighted by Crippen LogP contribution is 2.30. The van der Waals surface area contributed by atoms with E-state index in [4.69, 9.17) is 17.0 Å². The topological polar surface area (TPSA) is 32.0 Å². The monoisotopic (exact) mass is 303 g/mol. The van der Waals surface area contributed by atoms with Gasteiger partial charge in [-0.3, -0.25) is 4.57 Å². The lowest BCUT2D eigenvalue weighted by Gasteiger charge is -2.10. The third-order valence-corrected chi connectivity index (χ3v) is 3.03. The minimum Gasteiger partial charge on any atom is -0.494 e. The van der Waals surface area contributed by atoms with Gasteiger partial charge in [0.25, 0.3) is 0 Å². The minimum atomic E-state index is -4.58. The predicted octanol–water partition coefficient (Wildman–Crippen LogP) is 3.36. The Labute approximate surface area is 118 Å². The summed E-state index contributed by atoms with van der Waals surface area (Å²) in [6, 6.07) is 6.21. The number of nitrogens with zero attached hydrogens (tertiary/aromatic N) is 3. The van der Waals surface area contributed by atoms with Crippen molar-refractivity contribution in [2.75, 3.05) is 6.61 Å². The van der Waals surface area contributed by atoms with Gasteiger partial charge in [0.1, 0.15) is 5.75 Å². The maximum atomic E-state index is 13.0. The predicted molar refractivity (Wildman–Crippen MR) is 69.5 cm³/mol. The van der Waals surface area contributed by atoms with E-state index in [1.54, 1.807) is 12.1 Å². The van der Waals surface area contributed by atoms with E-state index in [9.17, 15) is 13.2 Å². The summed E-state index contributed by atoms with van der Waals surface area (Å²) in [7, 11) is 1.38. The molecule has 0 N–H and O–H groups in total. The van der Waals surface area contributed by atoms with Gasteiger partial charge in [-0.2, -0.15) is 13.2 Å². The SMILES string of the molecule is CCOc1ccc(-n2c(C(F)(F)F)nn(C)c2=S)cc1. The summed E-state index contributed by atoms with van der Waals surface area (Å²) < 4.78 is 46.0. The van der Waals surface area contributed by atoms with Crippen LogP contribution in [0.25, 0.3) is 5.69 Å². The maximum absolute atomic E-state index is 13.0. The van der Waals surface area contributed by atoms with Crippen LogP contribution in [0.1, 0.15) is 12.7 Å². The van der Waals surface area contributed by atoms with Crippen LogP contribution in [0.3, 0.4) is 0 Å². The molecular formula is C12H12F3N3OS. The number of aromatic nitrogens is 3. The van der Waals surface area contributed by atoms with Crippen molar-refractivity contribution in [3.8, 4) is 11.4 Å². The molecule has 0 radical (unpaired) electrons. The Morgan fingerprint density at radius 2 is 1.85 bits per heavy atom. The molecule has 0 aliphatic heterocycles. The molecule has 0 spiro atoms. The Balaban J connectivity index is 2.54. The molecule has 0 aliphatic carbocycles. The second kappa shape index (κ2) is 5.28. The Kier molecular flexibility index (Phi) is 3.85. The van der Waals surface area contributed by atoms with Gasteiger partial charge in [0, 0.05) is 7.05 Å². The van der Waals surface area contributed by atoms with E-state index in [0.717, 1.165) is 9.25 Å². The summed E-state index contributed by atoms with van der Waals surface area (Å²) in [4.78, 5) is 0. The molecule has 0 aliphatic rings. The van der Waals surface area contributed by atoms with Crippen LogP contribution in [0.2, 0.25) is 0 Å². The number of aryl methyl sites for hydroxylation is 1. The quantitative estimate of drug-likeness (QED) is 0.815. The molecule has 0 fully saturated rings. The van der Waals surface area contributed by atoms with Gasteiger partial charge in [0.05, 0.1) is 12.3 Å². The summed E-state index contributed by atoms with van der Waals surface area (Å²) in [5, 5.41) is 3.44. The second-order valence-corrected chi connectivity index (χ2v) is 4.36. The first-order chi connectivity index (χ1) is 9.34. The lowest BCUT2D eigenvalue weighted by molar-refractivity contribution is -0.146. The Morgan fingerprint density at radius 1 is 1.25 bits per heavy atom. The summed E-state index contributed by atoms with van der Waals surface area (Å²) >= 11 is 4.98. The van der Waals surface area contributed by atoms with Crippen molar-refractivity contribution in [1.82, 2.24) is 14.3 Å². The molecule has 20 heavy (non-hydrogen) atoms. The highest BCUT2D eigenvalue weighted by atomic mass is 32.1. The average Bonchev–Trinajstić information content (AvgIpc) is 2.68. The van der Waals surface area contributed by atoms with Crippen LogP contribution in [0, 0.1) is 4.77 Å². The Bertz CT molecular complexity index is 658. The van der Waals surface area contributed by atoms with Crippen LogP contribution in [-0.4, -0.2) is 21.0 Å². The van der Waals surface area contributed by atoms with Crippen molar-refractivity contribution in [2.24, 2.45) is 7.05 Å². The molecule has 0 amide bonds. The van der Waals surface area contributed by atoms with Gasteiger partial charge in [0.2, 0.25) is 10.6 Å². The molecule has 0 saturated heterocycles. The first-order valence-corrected chi connectivity index (χ1v) is 6.22. The number of benzene rings is 1. The van der Waals surface area contributed by atoms with Crippen LogP contribution in [-0.2, 0) is 13.2 Å². The van der Waals surface area contributed by atoms with Gasteiger partial charge in [-0.25, -0.2) is 4.68 Å². The van der Waals surface area contributed by atoms with E-state index in [1.165, 1.54) is 19.2 Å². The van der Waals surface area contributed by atoms with Crippen molar-refractivity contribution in [3.63, 3.8) is 0 Å². The fourth-order valence-corrected chi connectivity index (χ4v) is 1.97. The van der Waals surface area contributed by atoms with Crippen LogP contribution in [0.4, 0.5) is 13.2 Å². The van der Waals surface area contributed by atoms with Crippen LogP contribution in [0.5, 0.6) is 5.75 Å². The second-order valence-electron chi connectivity index (χ2n) is 3.99. The molecule has 0 saturated carbocycles. The zero-order valence-corrected chi connectivity index (χ0v) is 11.6. The van der Waals surface area contributed by atoms with Crippen molar-refractivity contribution >= 4 is 12.2 Å². The van der Waals surface area contributed by atoms with Gasteiger partial charge in [-0.05, 0) is 43.4 Å². The smallest absolute Gasteiger partial charge is 0.452 e. The third-order valence-electron chi connectivity index (χ3n) is 2.58. The molecule has 0 unspecified atom stereocenters. The normalized spacial score (nSPS) is 11.7. The van der Waals surface area contributed by atoms with Gasteiger partial charge in [0.15, 0.2) is 0 Å². The summed E-state index contributed by atoms with van der Waals surface area (Å²) in [5.41, 5.74) is 0.291. The number of ether oxygens (including phenoxy) is 1. The van der Waals surface area contributed by atoms with Crippen molar-refractivity contribution in [2.45, 2.75) is 13.1 Å². The minimum absolute atomic E-state index is 0.0264. The standard InChI is InChI=1S/C12H12F3N3OS/c1-3-19-9-6-4-8(5-7-9)18-10(12(13,14)15)16-17(2)11(18)20/h4-7H,3H2,1-2H3. The average molecular weight is 303 g/mol. The first-order valence-electron chi connectivity index (χ1n) is 5.81. The molecule has 4 nitrogen and oxygen atoms in total. The highest BCUT2D eigenvalue weighted by Gasteiger charge is 2.38. The van der Waals surface area contributed by atoms with Gasteiger partial charge in [-0.15, -0.1) is 5.10 Å². The molecule has 108 valence electrons. The molecule has 2 aromatic rings. The molecule has 1 aromatic carbocycles. The molecule has 8 heteroatoms. The fourth-order valence-electron chi connectivity index (χ4n) is 1.74. The van der Waals surface area contributed by atoms with Gasteiger partial charge >= 0.3 is 6.18 Å². The van der Waals surface area contributed by atoms with E-state index < -0.39 is 12.0 Å². The van der Waals surface area contributed by atoms with Crippen LogP contribution >= 0.6 is 12.2 Å². The lowest BCUT2D eigenvalue weighted by Crippen LogP contribution is -2.14. The summed E-state index contributed by atoms with van der Waals surface area (Å²) in [6.07, 6.45) is -4.58. The largest absolute Gasteiger partial charge is 0.494 e. The molecule has 0 bridgehead atoms. The Morgan fingerprint density at radius 3 is 2.35 bits per heavy atom. The number of halogens is 3. The van der Waals surface area contributed by atoms with E-state index in [1.807, 2.05) is 6.92 Å². The van der Waals surface area contributed by atoms with Crippen molar-refractivity contribution in [3.05, 3.63) is 34.9 Å². The molecule has 1 aromatic heterocycles. The van der Waals surface area contributed by atoms with E-state index >= 15 is 0 Å². The number of rotatable bonds is 3. The molecule has 0 atom stereocenters. The van der Waals surface area contributed by atoms with Crippen molar-refractivity contribution in [1.29, 1.82) is 0 Å². The summed E-state index contributed by atoms with van der Waals surface area (Å²) in [5.74, 6) is -0.464. The van der Waals surface area contributed by atoms with E-state index in [-0.39, 0.29) is 4.77 Å². The fraction of sp³-hybridized carbons (Fsp3) is 0.333. The van der Waals surface area contributed by atoms with Gasteiger partial charge in [-0.1, -0.05) is 0 Å². The third kappa shape index (κ3) is 2.69. The van der Waals surface area contributed by atoms with Gasteiger partial charge < -0.3 is 4.74 Å². The van der Waals surface area contributed by atoms with Crippen LogP contribution < -0.4 is 4.74 Å². The highest BCUT2D eigenvalue weighted by molar-refractivity contribution is 7.71. The number of hydrogen-bond acceptors (Lipinski definition) is 3. The van der Waals surface area contributed by atoms with E-state index in [2.05, 4.69) is 5.10 Å².